The van der Waals surface area contributed by atoms with E-state index in [0.29, 0.717) is 6.61 Å². The van der Waals surface area contributed by atoms with Gasteiger partial charge in [-0.2, -0.15) is 16.8 Å². The minimum absolute atomic E-state index is 0.486. The van der Waals surface area contributed by atoms with E-state index in [1.807, 2.05) is 0 Å². The molecule has 0 aliphatic carbocycles. The Morgan fingerprint density at radius 3 is 1.39 bits per heavy atom. The molecule has 12 heteroatoms. The molecule has 0 aliphatic heterocycles. The Morgan fingerprint density at radius 2 is 1.17 bits per heavy atom. The molecule has 5 N–H and O–H groups in total. The van der Waals surface area contributed by atoms with E-state index >= 15 is 0 Å². The molecule has 0 unspecified atom stereocenters. The fourth-order valence-corrected chi connectivity index (χ4v) is 0.593. The summed E-state index contributed by atoms with van der Waals surface area (Å²) in [5, 5.41) is 7.87. The molecule has 0 spiro atoms. The molecule has 0 saturated carbocycles. The van der Waals surface area contributed by atoms with Crippen molar-refractivity contribution in [3.63, 3.8) is 0 Å². The van der Waals surface area contributed by atoms with Gasteiger partial charge in [0.05, 0.1) is 6.61 Å². The van der Waals surface area contributed by atoms with E-state index < -0.39 is 20.8 Å². The second-order valence-corrected chi connectivity index (χ2v) is 4.58. The maximum Gasteiger partial charge on any atom is 0.394 e. The number of hydrogen-bond acceptors (Lipinski definition) is 6. The standard InChI is InChI=1S/C6H14O2.2H2O4S/c1-2-3-4-5-6-8-7;2*1-5(2,3)4/h7H,2-6H2,1H3;2*(H2,1,2,3,4). The Morgan fingerprint density at radius 1 is 0.833 bits per heavy atom. The first kappa shape index (κ1) is 22.8. The largest absolute Gasteiger partial charge is 0.394 e. The van der Waals surface area contributed by atoms with Crippen LogP contribution in [0.4, 0.5) is 0 Å². The third-order valence-electron chi connectivity index (χ3n) is 1.09. The molecule has 0 heterocycles. The van der Waals surface area contributed by atoms with Crippen molar-refractivity contribution in [2.24, 2.45) is 0 Å². The number of rotatable bonds is 5. The Kier molecular flexibility index (Phi) is 16.6. The minimum atomic E-state index is -4.67. The van der Waals surface area contributed by atoms with Crippen molar-refractivity contribution in [2.75, 3.05) is 6.61 Å². The highest BCUT2D eigenvalue weighted by atomic mass is 32.3. The first-order chi connectivity index (χ1) is 7.91. The molecular weight excluding hydrogens is 296 g/mol. The van der Waals surface area contributed by atoms with E-state index in [9.17, 15) is 0 Å². The second-order valence-electron chi connectivity index (χ2n) is 2.79. The van der Waals surface area contributed by atoms with Crippen molar-refractivity contribution in [1.29, 1.82) is 0 Å². The summed E-state index contributed by atoms with van der Waals surface area (Å²) in [7, 11) is -9.33. The highest BCUT2D eigenvalue weighted by Gasteiger charge is 1.85. The van der Waals surface area contributed by atoms with E-state index in [-0.39, 0.29) is 0 Å². The molecule has 114 valence electrons. The van der Waals surface area contributed by atoms with E-state index in [4.69, 9.17) is 40.3 Å². The second kappa shape index (κ2) is 13.1. The number of unbranched alkanes of at least 4 members (excludes halogenated alkanes) is 3. The first-order valence-corrected chi connectivity index (χ1v) is 7.37. The summed E-state index contributed by atoms with van der Waals surface area (Å²) in [6, 6.07) is 0. The minimum Gasteiger partial charge on any atom is -0.264 e. The fourth-order valence-electron chi connectivity index (χ4n) is 0.593. The van der Waals surface area contributed by atoms with Crippen LogP contribution in [-0.4, -0.2) is 46.9 Å². The average molecular weight is 314 g/mol. The van der Waals surface area contributed by atoms with Gasteiger partial charge in [0.2, 0.25) is 0 Å². The zero-order valence-corrected chi connectivity index (χ0v) is 11.3. The van der Waals surface area contributed by atoms with Crippen LogP contribution in [0.15, 0.2) is 0 Å². The van der Waals surface area contributed by atoms with E-state index in [0.717, 1.165) is 12.8 Å². The first-order valence-electron chi connectivity index (χ1n) is 4.58. The summed E-state index contributed by atoms with van der Waals surface area (Å²) >= 11 is 0. The maximum absolute atomic E-state index is 8.74. The van der Waals surface area contributed by atoms with Gasteiger partial charge in [0.1, 0.15) is 0 Å². The summed E-state index contributed by atoms with van der Waals surface area (Å²) in [4.78, 5) is 3.89. The molecule has 0 rings (SSSR count). The molecule has 0 fully saturated rings. The SMILES string of the molecule is CCCCCCOO.O=S(=O)(O)O.O=S(=O)(O)O. The fraction of sp³-hybridized carbons (Fsp3) is 1.00. The van der Waals surface area contributed by atoms with Crippen molar-refractivity contribution in [3.8, 4) is 0 Å². The van der Waals surface area contributed by atoms with Gasteiger partial charge in [0.25, 0.3) is 0 Å². The van der Waals surface area contributed by atoms with Gasteiger partial charge < -0.3 is 0 Å². The molecule has 0 aliphatic rings. The van der Waals surface area contributed by atoms with Gasteiger partial charge in [-0.15, -0.1) is 0 Å². The normalized spacial score (nSPS) is 10.8. The predicted octanol–water partition coefficient (Wildman–Crippen LogP) is 0.751. The van der Waals surface area contributed by atoms with Crippen LogP contribution in [0, 0.1) is 0 Å². The molecule has 0 radical (unpaired) electrons. The van der Waals surface area contributed by atoms with E-state index in [1.165, 1.54) is 12.8 Å². The monoisotopic (exact) mass is 314 g/mol. The Bertz CT molecular complexity index is 293. The molecule has 0 bridgehead atoms. The van der Waals surface area contributed by atoms with Gasteiger partial charge in [0.15, 0.2) is 0 Å². The van der Waals surface area contributed by atoms with Gasteiger partial charge in [-0.3, -0.25) is 23.5 Å². The lowest BCUT2D eigenvalue weighted by Gasteiger charge is -1.93. The van der Waals surface area contributed by atoms with Crippen LogP contribution in [0.25, 0.3) is 0 Å². The van der Waals surface area contributed by atoms with Crippen LogP contribution in [0.3, 0.4) is 0 Å². The van der Waals surface area contributed by atoms with E-state index in [2.05, 4.69) is 11.8 Å². The molecule has 0 saturated heterocycles. The third kappa shape index (κ3) is 155. The van der Waals surface area contributed by atoms with Gasteiger partial charge >= 0.3 is 20.8 Å². The Hall–Kier alpha value is -0.340. The average Bonchev–Trinajstić information content (AvgIpc) is 2.07. The number of hydrogen-bond donors (Lipinski definition) is 5. The van der Waals surface area contributed by atoms with Crippen LogP contribution < -0.4 is 0 Å². The zero-order chi connectivity index (χ0) is 15.2. The van der Waals surface area contributed by atoms with Crippen LogP contribution in [0.5, 0.6) is 0 Å². The quantitative estimate of drug-likeness (QED) is 0.210. The van der Waals surface area contributed by atoms with Crippen LogP contribution in [0.2, 0.25) is 0 Å². The van der Waals surface area contributed by atoms with Crippen molar-refractivity contribution in [1.82, 2.24) is 0 Å². The van der Waals surface area contributed by atoms with Gasteiger partial charge in [-0.05, 0) is 6.42 Å². The topological polar surface area (TPSA) is 179 Å². The van der Waals surface area contributed by atoms with E-state index in [1.54, 1.807) is 0 Å². The molecule has 0 aromatic heterocycles. The van der Waals surface area contributed by atoms with Crippen LogP contribution in [0.1, 0.15) is 32.6 Å². The Balaban J connectivity index is -0.000000197. The van der Waals surface area contributed by atoms with Crippen LogP contribution >= 0.6 is 0 Å². The predicted molar refractivity (Wildman–Crippen MR) is 61.1 cm³/mol. The van der Waals surface area contributed by atoms with Crippen LogP contribution in [-0.2, 0) is 25.7 Å². The molecule has 18 heavy (non-hydrogen) atoms. The summed E-state index contributed by atoms with van der Waals surface area (Å²) in [6.45, 7) is 2.64. The summed E-state index contributed by atoms with van der Waals surface area (Å²) in [5.74, 6) is 0. The highest BCUT2D eigenvalue weighted by molar-refractivity contribution is 7.80. The lowest BCUT2D eigenvalue weighted by Crippen LogP contribution is -1.89. The third-order valence-corrected chi connectivity index (χ3v) is 1.09. The lowest BCUT2D eigenvalue weighted by atomic mass is 10.2. The van der Waals surface area contributed by atoms with Gasteiger partial charge in [0, 0.05) is 0 Å². The van der Waals surface area contributed by atoms with Crippen molar-refractivity contribution >= 4 is 20.8 Å². The lowest BCUT2D eigenvalue weighted by molar-refractivity contribution is -0.242. The summed E-state index contributed by atoms with van der Waals surface area (Å²) < 4.78 is 63.2. The van der Waals surface area contributed by atoms with Crippen molar-refractivity contribution in [2.45, 2.75) is 32.6 Å². The Labute approximate surface area is 106 Å². The van der Waals surface area contributed by atoms with Crippen molar-refractivity contribution < 1.29 is 45.2 Å². The smallest absolute Gasteiger partial charge is 0.264 e. The molecule has 0 atom stereocenters. The summed E-state index contributed by atoms with van der Waals surface area (Å²) in [6.07, 6.45) is 4.61. The molecule has 0 aromatic rings. The zero-order valence-electron chi connectivity index (χ0n) is 9.63. The summed E-state index contributed by atoms with van der Waals surface area (Å²) in [5.41, 5.74) is 0. The molecule has 10 nitrogen and oxygen atoms in total. The van der Waals surface area contributed by atoms with Crippen molar-refractivity contribution in [3.05, 3.63) is 0 Å². The highest BCUT2D eigenvalue weighted by Crippen LogP contribution is 1.97. The molecular formula is C6H18O10S2. The van der Waals surface area contributed by atoms with Gasteiger partial charge in [-0.25, -0.2) is 4.89 Å². The molecule has 0 aromatic carbocycles. The maximum atomic E-state index is 8.74. The van der Waals surface area contributed by atoms with Gasteiger partial charge in [-0.1, -0.05) is 26.2 Å². The molecule has 0 amide bonds.